The average Bonchev–Trinajstić information content (AvgIpc) is 3.33. The fraction of sp³-hybridized carbons (Fsp3) is 0.648. The molecular weight excluding hydrogens is 858 g/mol. The van der Waals surface area contributed by atoms with Crippen molar-refractivity contribution in [1.29, 1.82) is 0 Å². The Labute approximate surface area is 399 Å². The van der Waals surface area contributed by atoms with Crippen LogP contribution < -0.4 is 14.8 Å². The van der Waals surface area contributed by atoms with Crippen LogP contribution in [0.3, 0.4) is 0 Å². The Morgan fingerprint density at radius 3 is 1.73 bits per heavy atom. The van der Waals surface area contributed by atoms with Gasteiger partial charge in [0.05, 0.1) is 32.0 Å². The van der Waals surface area contributed by atoms with Crippen LogP contribution in [0.4, 0.5) is 4.39 Å². The molecule has 1 heterocycles. The number of aryl methyl sites for hydroxylation is 1. The van der Waals surface area contributed by atoms with Crippen LogP contribution in [-0.2, 0) is 27.3 Å². The summed E-state index contributed by atoms with van der Waals surface area (Å²) in [5.41, 5.74) is 2.02. The molecule has 1 aliphatic heterocycles. The zero-order valence-corrected chi connectivity index (χ0v) is 40.0. The van der Waals surface area contributed by atoms with Gasteiger partial charge in [0.15, 0.2) is 0 Å². The van der Waals surface area contributed by atoms with E-state index in [2.05, 4.69) is 24.4 Å². The Balaban J connectivity index is 1.13. The first-order chi connectivity index (χ1) is 32.6. The molecule has 67 heavy (non-hydrogen) atoms. The van der Waals surface area contributed by atoms with E-state index in [1.165, 1.54) is 75.5 Å². The second kappa shape index (κ2) is 33.0. The van der Waals surface area contributed by atoms with Gasteiger partial charge >= 0.3 is 0 Å². The minimum absolute atomic E-state index is 0.0111. The number of aliphatic hydroxyl groups is 6. The van der Waals surface area contributed by atoms with Gasteiger partial charge in [0.25, 0.3) is 0 Å². The molecule has 0 spiro atoms. The molecule has 376 valence electrons. The van der Waals surface area contributed by atoms with Crippen molar-refractivity contribution in [3.63, 3.8) is 0 Å². The van der Waals surface area contributed by atoms with Crippen LogP contribution in [0.5, 0.6) is 17.2 Å². The lowest BCUT2D eigenvalue weighted by molar-refractivity contribution is -0.277. The highest BCUT2D eigenvalue weighted by Crippen LogP contribution is 2.26. The molecule has 1 aliphatic rings. The summed E-state index contributed by atoms with van der Waals surface area (Å²) in [5, 5.41) is 65.2. The molecular formula is C54H82FNO11. The largest absolute Gasteiger partial charge is 0.462 e. The van der Waals surface area contributed by atoms with Gasteiger partial charge in [-0.2, -0.15) is 0 Å². The lowest BCUT2D eigenvalue weighted by Crippen LogP contribution is -2.60. The highest BCUT2D eigenvalue weighted by molar-refractivity contribution is 5.76. The summed E-state index contributed by atoms with van der Waals surface area (Å²) in [5.74, 6) is 1.17. The Morgan fingerprint density at radius 1 is 0.642 bits per heavy atom. The Morgan fingerprint density at radius 2 is 1.15 bits per heavy atom. The molecule has 12 nitrogen and oxygen atoms in total. The van der Waals surface area contributed by atoms with Gasteiger partial charge in [-0.1, -0.05) is 147 Å². The maximum absolute atomic E-state index is 13.2. The van der Waals surface area contributed by atoms with Gasteiger partial charge in [-0.25, -0.2) is 4.39 Å². The zero-order chi connectivity index (χ0) is 48.1. The van der Waals surface area contributed by atoms with Crippen molar-refractivity contribution in [2.24, 2.45) is 0 Å². The van der Waals surface area contributed by atoms with E-state index >= 15 is 0 Å². The second-order valence-corrected chi connectivity index (χ2v) is 18.4. The molecule has 1 fully saturated rings. The van der Waals surface area contributed by atoms with E-state index in [9.17, 15) is 39.8 Å². The number of carbonyl (C=O) groups is 1. The molecule has 3 aromatic carbocycles. The van der Waals surface area contributed by atoms with Crippen LogP contribution in [0.2, 0.25) is 0 Å². The van der Waals surface area contributed by atoms with E-state index in [0.717, 1.165) is 88.4 Å². The lowest BCUT2D eigenvalue weighted by atomic mass is 9.99. The number of aliphatic hydroxyl groups excluding tert-OH is 6. The predicted molar refractivity (Wildman–Crippen MR) is 258 cm³/mol. The van der Waals surface area contributed by atoms with Crippen molar-refractivity contribution in [1.82, 2.24) is 5.32 Å². The Bertz CT molecular complexity index is 1710. The van der Waals surface area contributed by atoms with E-state index in [4.69, 9.17) is 18.9 Å². The van der Waals surface area contributed by atoms with Crippen LogP contribution in [-0.4, -0.2) is 98.7 Å². The summed E-state index contributed by atoms with van der Waals surface area (Å²) >= 11 is 0. The average molecular weight is 940 g/mol. The molecule has 0 radical (unpaired) electrons. The minimum Gasteiger partial charge on any atom is -0.462 e. The molecule has 13 heteroatoms. The van der Waals surface area contributed by atoms with Gasteiger partial charge in [0.1, 0.15) is 53.6 Å². The lowest BCUT2D eigenvalue weighted by Gasteiger charge is -2.39. The van der Waals surface area contributed by atoms with Crippen LogP contribution in [0.15, 0.2) is 72.8 Å². The van der Waals surface area contributed by atoms with Crippen LogP contribution in [0, 0.1) is 5.82 Å². The molecule has 0 bridgehead atoms. The van der Waals surface area contributed by atoms with E-state index in [0.29, 0.717) is 24.3 Å². The molecule has 0 aliphatic carbocycles. The van der Waals surface area contributed by atoms with Crippen molar-refractivity contribution in [2.75, 3.05) is 13.2 Å². The normalized spacial score (nSPS) is 19.7. The third kappa shape index (κ3) is 22.1. The summed E-state index contributed by atoms with van der Waals surface area (Å²) in [6.07, 6.45) is 15.4. The second-order valence-electron chi connectivity index (χ2n) is 18.4. The maximum atomic E-state index is 13.2. The maximum Gasteiger partial charge on any atom is 0.229 e. The summed E-state index contributed by atoms with van der Waals surface area (Å²) in [7, 11) is 0. The van der Waals surface area contributed by atoms with Gasteiger partial charge < -0.3 is 54.9 Å². The minimum atomic E-state index is -1.55. The van der Waals surface area contributed by atoms with Crippen LogP contribution in [0.1, 0.15) is 159 Å². The number of benzene rings is 3. The number of nitrogens with one attached hydrogen (secondary N) is 1. The fourth-order valence-electron chi connectivity index (χ4n) is 8.44. The van der Waals surface area contributed by atoms with Crippen molar-refractivity contribution in [3.05, 3.63) is 89.7 Å². The van der Waals surface area contributed by atoms with Gasteiger partial charge in [-0.05, 0) is 85.3 Å². The summed E-state index contributed by atoms with van der Waals surface area (Å²) < 4.78 is 36.1. The molecule has 3 aromatic rings. The SMILES string of the molecule is CCCCCCCCCCCCCC[C@@H](O)[C@@H](O)[C@H](COCc1ccc(O[C@H]2OC(CO)[C@@H](O)C(O)C2O)cc1)NC(=O)CCCCCCCCCCc1ccc(Oc2ccc(F)cc2)cc1. The van der Waals surface area contributed by atoms with Gasteiger partial charge in [-0.3, -0.25) is 4.79 Å². The topological polar surface area (TPSA) is 187 Å². The number of rotatable bonds is 36. The number of unbranched alkanes of at least 4 members (excludes halogenated alkanes) is 18. The highest BCUT2D eigenvalue weighted by Gasteiger charge is 2.44. The third-order valence-electron chi connectivity index (χ3n) is 12.7. The first-order valence-corrected chi connectivity index (χ1v) is 25.4. The van der Waals surface area contributed by atoms with Crippen LogP contribution >= 0.6 is 0 Å². The highest BCUT2D eigenvalue weighted by atomic mass is 19.1. The fourth-order valence-corrected chi connectivity index (χ4v) is 8.44. The first kappa shape index (κ1) is 55.9. The number of halogens is 1. The number of amides is 1. The number of hydrogen-bond acceptors (Lipinski definition) is 11. The molecule has 1 amide bonds. The Kier molecular flexibility index (Phi) is 27.5. The zero-order valence-electron chi connectivity index (χ0n) is 40.0. The van der Waals surface area contributed by atoms with Crippen LogP contribution in [0.25, 0.3) is 0 Å². The van der Waals surface area contributed by atoms with E-state index in [1.807, 2.05) is 12.1 Å². The number of carbonyl (C=O) groups excluding carboxylic acids is 1. The van der Waals surface area contributed by atoms with E-state index in [1.54, 1.807) is 36.4 Å². The molecule has 1 saturated heterocycles. The molecule has 8 atom stereocenters. The van der Waals surface area contributed by atoms with Crippen molar-refractivity contribution < 1.29 is 58.8 Å². The summed E-state index contributed by atoms with van der Waals surface area (Å²) in [6.45, 7) is 1.82. The molecule has 7 N–H and O–H groups in total. The summed E-state index contributed by atoms with van der Waals surface area (Å²) in [4.78, 5) is 13.2. The first-order valence-electron chi connectivity index (χ1n) is 25.4. The van der Waals surface area contributed by atoms with Crippen molar-refractivity contribution in [3.8, 4) is 17.2 Å². The number of hydrogen-bond donors (Lipinski definition) is 7. The van der Waals surface area contributed by atoms with Crippen molar-refractivity contribution in [2.45, 2.75) is 210 Å². The smallest absolute Gasteiger partial charge is 0.229 e. The van der Waals surface area contributed by atoms with Gasteiger partial charge in [-0.15, -0.1) is 0 Å². The van der Waals surface area contributed by atoms with E-state index < -0.39 is 55.6 Å². The van der Waals surface area contributed by atoms with Gasteiger partial charge in [0, 0.05) is 6.42 Å². The summed E-state index contributed by atoms with van der Waals surface area (Å²) in [6, 6.07) is 20.0. The predicted octanol–water partition coefficient (Wildman–Crippen LogP) is 9.36. The van der Waals surface area contributed by atoms with Gasteiger partial charge in [0.2, 0.25) is 12.2 Å². The molecule has 3 unspecified atom stereocenters. The molecule has 0 saturated carbocycles. The third-order valence-corrected chi connectivity index (χ3v) is 12.7. The molecule has 4 rings (SSSR count). The Hall–Kier alpha value is -3.66. The van der Waals surface area contributed by atoms with Crippen molar-refractivity contribution >= 4 is 5.91 Å². The standard InChI is InChI=1S/C54H82FNO11/c1-2-3-4-5-6-7-8-9-10-14-17-20-23-47(58)50(60)46(39-64-38-41-27-33-45(34-28-41)66-54-53(63)52(62)51(61)48(37-57)67-54)56-49(59)24-21-18-15-12-11-13-16-19-22-40-25-31-43(32-26-40)65-44-35-29-42(55)30-36-44/h25-36,46-48,50-54,57-58,60-63H,2-24,37-39H2,1H3,(H,56,59)/t46-,47+,48?,50-,51+,52?,53?,54-/m0/s1. The number of ether oxygens (including phenoxy) is 4. The quantitative estimate of drug-likeness (QED) is 0.0276. The monoisotopic (exact) mass is 940 g/mol. The van der Waals surface area contributed by atoms with E-state index in [-0.39, 0.29) is 24.9 Å². The molecule has 0 aromatic heterocycles.